The minimum atomic E-state index is 0.358. The first-order valence-corrected chi connectivity index (χ1v) is 4.03. The van der Waals surface area contributed by atoms with Gasteiger partial charge in [-0.1, -0.05) is 11.6 Å². The Morgan fingerprint density at radius 2 is 2.45 bits per heavy atom. The highest BCUT2D eigenvalue weighted by atomic mass is 17.1. The Kier molecular flexibility index (Phi) is 2.69. The number of ketones is 1. The number of hydrogen-bond acceptors (Lipinski definition) is 1. The Morgan fingerprint density at radius 3 is 2.91 bits per heavy atom. The summed E-state index contributed by atoms with van der Waals surface area (Å²) in [5, 5.41) is 10.1. The standard InChI is InChI=1S/C9H14O2/c1-7-3-5-9(6-4-7)8(2)11-10/h3,9H,4-6H2,1-2H3. The fraction of sp³-hybridized carbons (Fsp3) is 0.667. The summed E-state index contributed by atoms with van der Waals surface area (Å²) in [6, 6.07) is 0. The van der Waals surface area contributed by atoms with Crippen molar-refractivity contribution >= 4 is 5.78 Å². The first kappa shape index (κ1) is 8.31. The average molecular weight is 154 g/mol. The Labute approximate surface area is 67.2 Å². The summed E-state index contributed by atoms with van der Waals surface area (Å²) in [5.41, 5.74) is 1.43. The third-order valence-electron chi connectivity index (χ3n) is 2.34. The van der Waals surface area contributed by atoms with Gasteiger partial charge in [-0.3, -0.25) is 0 Å². The molecule has 0 aromatic carbocycles. The molecule has 0 amide bonds. The zero-order valence-electron chi connectivity index (χ0n) is 7.09. The second-order valence-electron chi connectivity index (χ2n) is 3.22. The van der Waals surface area contributed by atoms with Gasteiger partial charge in [0, 0.05) is 0 Å². The van der Waals surface area contributed by atoms with Crippen molar-refractivity contribution < 1.29 is 9.83 Å². The van der Waals surface area contributed by atoms with Gasteiger partial charge < -0.3 is 5.26 Å². The maximum atomic E-state index is 10.1. The van der Waals surface area contributed by atoms with Crippen molar-refractivity contribution in [2.45, 2.75) is 33.1 Å². The van der Waals surface area contributed by atoms with E-state index in [-0.39, 0.29) is 0 Å². The van der Waals surface area contributed by atoms with Crippen molar-refractivity contribution in [2.24, 2.45) is 5.92 Å². The number of carbonyl (C=O) groups excluding carboxylic acids is 1. The van der Waals surface area contributed by atoms with Crippen molar-refractivity contribution in [2.75, 3.05) is 0 Å². The minimum absolute atomic E-state index is 0.358. The van der Waals surface area contributed by atoms with Gasteiger partial charge in [0.1, 0.15) is 0 Å². The van der Waals surface area contributed by atoms with E-state index < -0.39 is 0 Å². The average Bonchev–Trinajstić information content (AvgIpc) is 2.05. The maximum Gasteiger partial charge on any atom is 0.329 e. The molecule has 1 unspecified atom stereocenters. The van der Waals surface area contributed by atoms with Crippen LogP contribution in [0.1, 0.15) is 33.1 Å². The van der Waals surface area contributed by atoms with E-state index in [0.29, 0.717) is 11.7 Å². The largest absolute Gasteiger partial charge is 0.463 e. The normalized spacial score (nSPS) is 26.5. The summed E-state index contributed by atoms with van der Waals surface area (Å²) < 4.78 is 3.96. The van der Waals surface area contributed by atoms with E-state index >= 15 is 0 Å². The summed E-state index contributed by atoms with van der Waals surface area (Å²) in [4.78, 5) is 0. The molecule has 0 saturated heterocycles. The van der Waals surface area contributed by atoms with E-state index in [9.17, 15) is 5.26 Å². The lowest BCUT2D eigenvalue weighted by Crippen LogP contribution is -2.19. The van der Waals surface area contributed by atoms with Gasteiger partial charge >= 0.3 is 5.78 Å². The van der Waals surface area contributed by atoms with Gasteiger partial charge in [-0.2, -0.15) is 4.58 Å². The van der Waals surface area contributed by atoms with Gasteiger partial charge in [0.15, 0.2) is 0 Å². The molecule has 1 aliphatic rings. The van der Waals surface area contributed by atoms with E-state index in [1.165, 1.54) is 5.57 Å². The fourth-order valence-electron chi connectivity index (χ4n) is 1.40. The van der Waals surface area contributed by atoms with Gasteiger partial charge in [-0.25, -0.2) is 0 Å². The van der Waals surface area contributed by atoms with Gasteiger partial charge in [-0.05, 0) is 26.2 Å². The van der Waals surface area contributed by atoms with Crippen LogP contribution in [0.3, 0.4) is 0 Å². The van der Waals surface area contributed by atoms with Crippen LogP contribution in [0.5, 0.6) is 0 Å². The van der Waals surface area contributed by atoms with E-state index in [1.54, 1.807) is 6.92 Å². The van der Waals surface area contributed by atoms with Crippen LogP contribution in [-0.4, -0.2) is 5.78 Å². The van der Waals surface area contributed by atoms with Gasteiger partial charge in [0.25, 0.3) is 0 Å². The summed E-state index contributed by atoms with van der Waals surface area (Å²) >= 11 is 0. The number of rotatable bonds is 1. The van der Waals surface area contributed by atoms with Crippen LogP contribution in [0.25, 0.3) is 0 Å². The Balaban J connectivity index is 2.54. The maximum absolute atomic E-state index is 10.1. The molecule has 0 spiro atoms. The molecule has 0 aromatic heterocycles. The van der Waals surface area contributed by atoms with Crippen LogP contribution in [0.15, 0.2) is 11.6 Å². The highest BCUT2D eigenvalue weighted by Gasteiger charge is 2.22. The monoisotopic (exact) mass is 154 g/mol. The first-order chi connectivity index (χ1) is 5.24. The predicted molar refractivity (Wildman–Crippen MR) is 41.8 cm³/mol. The molecule has 0 heterocycles. The predicted octanol–water partition coefficient (Wildman–Crippen LogP) is 1.13. The van der Waals surface area contributed by atoms with Crippen molar-refractivity contribution in [3.05, 3.63) is 11.6 Å². The molecule has 0 bridgehead atoms. The number of hydrogen-bond donors (Lipinski definition) is 0. The molecular weight excluding hydrogens is 140 g/mol. The van der Waals surface area contributed by atoms with Crippen molar-refractivity contribution in [1.29, 1.82) is 0 Å². The quantitative estimate of drug-likeness (QED) is 0.241. The minimum Gasteiger partial charge on any atom is -0.463 e. The second kappa shape index (κ2) is 3.56. The van der Waals surface area contributed by atoms with Crippen molar-refractivity contribution in [3.63, 3.8) is 0 Å². The molecule has 0 saturated carbocycles. The van der Waals surface area contributed by atoms with Gasteiger partial charge in [0.05, 0.1) is 12.8 Å². The molecule has 2 heteroatoms. The lowest BCUT2D eigenvalue weighted by molar-refractivity contribution is -1.05. The third kappa shape index (κ3) is 2.07. The zero-order valence-corrected chi connectivity index (χ0v) is 7.09. The first-order valence-electron chi connectivity index (χ1n) is 4.03. The van der Waals surface area contributed by atoms with Gasteiger partial charge in [-0.15, -0.1) is 0 Å². The van der Waals surface area contributed by atoms with Crippen LogP contribution < -0.4 is 5.26 Å². The third-order valence-corrected chi connectivity index (χ3v) is 2.34. The Hall–Kier alpha value is -0.790. The van der Waals surface area contributed by atoms with E-state index in [2.05, 4.69) is 17.6 Å². The van der Waals surface area contributed by atoms with Crippen LogP contribution in [-0.2, 0) is 4.58 Å². The fourth-order valence-corrected chi connectivity index (χ4v) is 1.40. The summed E-state index contributed by atoms with van der Waals surface area (Å²) in [6.07, 6.45) is 5.33. The summed E-state index contributed by atoms with van der Waals surface area (Å²) in [6.45, 7) is 3.90. The van der Waals surface area contributed by atoms with Crippen molar-refractivity contribution in [3.8, 4) is 0 Å². The molecule has 1 rings (SSSR count). The molecule has 0 N–H and O–H groups in total. The van der Waals surface area contributed by atoms with E-state index in [1.807, 2.05) is 0 Å². The molecule has 0 radical (unpaired) electrons. The molecular formula is C9H14O2. The molecule has 2 nitrogen and oxygen atoms in total. The van der Waals surface area contributed by atoms with Crippen LogP contribution in [0.4, 0.5) is 0 Å². The summed E-state index contributed by atoms with van der Waals surface area (Å²) in [7, 11) is 0. The van der Waals surface area contributed by atoms with E-state index in [4.69, 9.17) is 0 Å². The second-order valence-corrected chi connectivity index (χ2v) is 3.22. The Bertz CT molecular complexity index is 192. The molecule has 1 atom stereocenters. The molecule has 0 fully saturated rings. The SMILES string of the molecule is CC1=CCC(C(C)=[O+][O-])CC1. The molecule has 0 aromatic rings. The van der Waals surface area contributed by atoms with Crippen LogP contribution >= 0.6 is 0 Å². The van der Waals surface area contributed by atoms with Crippen LogP contribution in [0.2, 0.25) is 0 Å². The molecule has 11 heavy (non-hydrogen) atoms. The molecule has 0 aliphatic heterocycles. The lowest BCUT2D eigenvalue weighted by Gasteiger charge is -2.14. The lowest BCUT2D eigenvalue weighted by atomic mass is 9.88. The van der Waals surface area contributed by atoms with Crippen LogP contribution in [0, 0.1) is 5.92 Å². The molecule has 62 valence electrons. The van der Waals surface area contributed by atoms with Gasteiger partial charge in [0.2, 0.25) is 0 Å². The smallest absolute Gasteiger partial charge is 0.329 e. The molecule has 1 aliphatic carbocycles. The zero-order chi connectivity index (χ0) is 8.27. The van der Waals surface area contributed by atoms with Crippen molar-refractivity contribution in [1.82, 2.24) is 0 Å². The topological polar surface area (TPSA) is 34.4 Å². The Morgan fingerprint density at radius 1 is 1.73 bits per heavy atom. The summed E-state index contributed by atoms with van der Waals surface area (Å²) in [5.74, 6) is 0.991. The highest BCUT2D eigenvalue weighted by molar-refractivity contribution is 5.78. The number of allylic oxidation sites excluding steroid dienone is 2. The van der Waals surface area contributed by atoms with E-state index in [0.717, 1.165) is 19.3 Å². The highest BCUT2D eigenvalue weighted by Crippen LogP contribution is 2.23.